The Balaban J connectivity index is 1.88. The van der Waals surface area contributed by atoms with Crippen LogP contribution in [0.1, 0.15) is 57.1 Å². The van der Waals surface area contributed by atoms with Crippen LogP contribution in [-0.2, 0) is 6.54 Å². The zero-order chi connectivity index (χ0) is 11.4. The molecular weight excluding hydrogens is 198 g/mol. The van der Waals surface area contributed by atoms with Crippen LogP contribution in [0.3, 0.4) is 0 Å². The molecule has 0 aromatic carbocycles. The maximum Gasteiger partial charge on any atom is 0.0537 e. The van der Waals surface area contributed by atoms with Gasteiger partial charge in [0.05, 0.1) is 6.20 Å². The van der Waals surface area contributed by atoms with Crippen molar-refractivity contribution in [2.75, 3.05) is 0 Å². The topological polar surface area (TPSA) is 43.8 Å². The van der Waals surface area contributed by atoms with Crippen LogP contribution < -0.4 is 5.73 Å². The molecule has 1 aromatic rings. The number of rotatable bonds is 4. The summed E-state index contributed by atoms with van der Waals surface area (Å²) in [7, 11) is 0. The van der Waals surface area contributed by atoms with Gasteiger partial charge in [0.1, 0.15) is 0 Å². The summed E-state index contributed by atoms with van der Waals surface area (Å²) < 4.78 is 1.95. The van der Waals surface area contributed by atoms with E-state index in [9.17, 15) is 0 Å². The summed E-state index contributed by atoms with van der Waals surface area (Å²) >= 11 is 0. The lowest BCUT2D eigenvalue weighted by atomic mass is 9.84. The number of hydrogen-bond donors (Lipinski definition) is 1. The summed E-state index contributed by atoms with van der Waals surface area (Å²) in [5.74, 6) is 0.841. The molecule has 2 N–H and O–H groups in total. The summed E-state index contributed by atoms with van der Waals surface area (Å²) in [5.41, 5.74) is 7.44. The van der Waals surface area contributed by atoms with Crippen molar-refractivity contribution in [3.63, 3.8) is 0 Å². The first-order chi connectivity index (χ1) is 7.79. The summed E-state index contributed by atoms with van der Waals surface area (Å²) in [6.07, 6.45) is 12.1. The van der Waals surface area contributed by atoms with Gasteiger partial charge < -0.3 is 5.73 Å². The number of hydrogen-bond acceptors (Lipinski definition) is 2. The second-order valence-corrected chi connectivity index (χ2v) is 4.98. The predicted octanol–water partition coefficient (Wildman–Crippen LogP) is 2.87. The van der Waals surface area contributed by atoms with Crippen molar-refractivity contribution in [2.45, 2.75) is 58.0 Å². The third-order valence-corrected chi connectivity index (χ3v) is 3.72. The Morgan fingerprint density at radius 3 is 2.81 bits per heavy atom. The first kappa shape index (κ1) is 11.6. The Labute approximate surface area is 98.0 Å². The van der Waals surface area contributed by atoms with Crippen molar-refractivity contribution in [1.29, 1.82) is 0 Å². The van der Waals surface area contributed by atoms with Gasteiger partial charge >= 0.3 is 0 Å². The standard InChI is InChI=1S/C13H23N3/c1-2-16-10-12(9-15-16)13(14)8-11-6-4-3-5-7-11/h9-11,13H,2-8,14H2,1H3. The fourth-order valence-electron chi connectivity index (χ4n) is 2.66. The fourth-order valence-corrected chi connectivity index (χ4v) is 2.66. The fraction of sp³-hybridized carbons (Fsp3) is 0.769. The molecule has 90 valence electrons. The van der Waals surface area contributed by atoms with E-state index in [1.54, 1.807) is 0 Å². The molecule has 1 heterocycles. The molecule has 1 aliphatic rings. The molecule has 1 unspecified atom stereocenters. The van der Waals surface area contributed by atoms with Crippen LogP contribution in [0.4, 0.5) is 0 Å². The van der Waals surface area contributed by atoms with E-state index in [1.807, 2.05) is 10.9 Å². The molecule has 1 atom stereocenters. The smallest absolute Gasteiger partial charge is 0.0537 e. The van der Waals surface area contributed by atoms with E-state index in [4.69, 9.17) is 5.73 Å². The third kappa shape index (κ3) is 2.85. The van der Waals surface area contributed by atoms with E-state index in [1.165, 1.54) is 37.7 Å². The Morgan fingerprint density at radius 2 is 2.19 bits per heavy atom. The average molecular weight is 221 g/mol. The van der Waals surface area contributed by atoms with E-state index < -0.39 is 0 Å². The average Bonchev–Trinajstić information content (AvgIpc) is 2.79. The summed E-state index contributed by atoms with van der Waals surface area (Å²) in [5, 5.41) is 4.29. The van der Waals surface area contributed by atoms with E-state index >= 15 is 0 Å². The molecule has 3 nitrogen and oxygen atoms in total. The number of nitrogens with zero attached hydrogens (tertiary/aromatic N) is 2. The maximum atomic E-state index is 6.24. The second kappa shape index (κ2) is 5.48. The highest BCUT2D eigenvalue weighted by Crippen LogP contribution is 2.30. The summed E-state index contributed by atoms with van der Waals surface area (Å²) in [6, 6.07) is 0.184. The van der Waals surface area contributed by atoms with Gasteiger partial charge in [-0.05, 0) is 19.3 Å². The van der Waals surface area contributed by atoms with Gasteiger partial charge in [-0.3, -0.25) is 4.68 Å². The summed E-state index contributed by atoms with van der Waals surface area (Å²) in [4.78, 5) is 0. The zero-order valence-electron chi connectivity index (χ0n) is 10.2. The minimum absolute atomic E-state index is 0.184. The normalized spacial score (nSPS) is 19.9. The van der Waals surface area contributed by atoms with Gasteiger partial charge in [0.15, 0.2) is 0 Å². The lowest BCUT2D eigenvalue weighted by molar-refractivity contribution is 0.319. The molecule has 2 rings (SSSR count). The van der Waals surface area contributed by atoms with Crippen LogP contribution in [0.5, 0.6) is 0 Å². The SMILES string of the molecule is CCn1cc(C(N)CC2CCCCC2)cn1. The highest BCUT2D eigenvalue weighted by Gasteiger charge is 2.18. The lowest BCUT2D eigenvalue weighted by Crippen LogP contribution is -2.17. The van der Waals surface area contributed by atoms with Gasteiger partial charge in [-0.1, -0.05) is 32.1 Å². The van der Waals surface area contributed by atoms with Crippen LogP contribution in [0.25, 0.3) is 0 Å². The lowest BCUT2D eigenvalue weighted by Gasteiger charge is -2.24. The van der Waals surface area contributed by atoms with Crippen LogP contribution in [0, 0.1) is 5.92 Å². The van der Waals surface area contributed by atoms with Crippen molar-refractivity contribution >= 4 is 0 Å². The number of nitrogens with two attached hydrogens (primary N) is 1. The number of aryl methyl sites for hydroxylation is 1. The van der Waals surface area contributed by atoms with Crippen molar-refractivity contribution in [3.05, 3.63) is 18.0 Å². The Kier molecular flexibility index (Phi) is 3.99. The minimum Gasteiger partial charge on any atom is -0.324 e. The molecule has 1 saturated carbocycles. The van der Waals surface area contributed by atoms with Gasteiger partial charge in [-0.2, -0.15) is 5.10 Å². The molecule has 1 fully saturated rings. The van der Waals surface area contributed by atoms with Crippen LogP contribution in [0.2, 0.25) is 0 Å². The third-order valence-electron chi connectivity index (χ3n) is 3.72. The zero-order valence-corrected chi connectivity index (χ0v) is 10.2. The molecule has 16 heavy (non-hydrogen) atoms. The number of aromatic nitrogens is 2. The maximum absolute atomic E-state index is 6.24. The van der Waals surface area contributed by atoms with Crippen LogP contribution in [0.15, 0.2) is 12.4 Å². The Bertz CT molecular complexity index is 313. The summed E-state index contributed by atoms with van der Waals surface area (Å²) in [6.45, 7) is 3.03. The first-order valence-corrected chi connectivity index (χ1v) is 6.57. The van der Waals surface area contributed by atoms with Crippen molar-refractivity contribution in [1.82, 2.24) is 9.78 Å². The van der Waals surface area contributed by atoms with Crippen molar-refractivity contribution < 1.29 is 0 Å². The quantitative estimate of drug-likeness (QED) is 0.849. The van der Waals surface area contributed by atoms with Gasteiger partial charge in [-0.25, -0.2) is 0 Å². The highest BCUT2D eigenvalue weighted by molar-refractivity contribution is 5.09. The first-order valence-electron chi connectivity index (χ1n) is 6.57. The Morgan fingerprint density at radius 1 is 1.44 bits per heavy atom. The molecule has 0 amide bonds. The largest absolute Gasteiger partial charge is 0.324 e. The van der Waals surface area contributed by atoms with E-state index in [2.05, 4.69) is 18.2 Å². The monoisotopic (exact) mass is 221 g/mol. The molecule has 0 saturated heterocycles. The van der Waals surface area contributed by atoms with Crippen LogP contribution in [-0.4, -0.2) is 9.78 Å². The Hall–Kier alpha value is -0.830. The molecule has 3 heteroatoms. The van der Waals surface area contributed by atoms with Gasteiger partial charge in [-0.15, -0.1) is 0 Å². The molecule has 0 spiro atoms. The van der Waals surface area contributed by atoms with Crippen LogP contribution >= 0.6 is 0 Å². The molecule has 1 aliphatic carbocycles. The van der Waals surface area contributed by atoms with Crippen molar-refractivity contribution in [2.24, 2.45) is 11.7 Å². The molecule has 0 radical (unpaired) electrons. The van der Waals surface area contributed by atoms with Gasteiger partial charge in [0, 0.05) is 24.3 Å². The second-order valence-electron chi connectivity index (χ2n) is 4.98. The van der Waals surface area contributed by atoms with Gasteiger partial charge in [0.2, 0.25) is 0 Å². The van der Waals surface area contributed by atoms with Gasteiger partial charge in [0.25, 0.3) is 0 Å². The van der Waals surface area contributed by atoms with E-state index in [0.29, 0.717) is 0 Å². The molecular formula is C13H23N3. The minimum atomic E-state index is 0.184. The predicted molar refractivity (Wildman–Crippen MR) is 66.0 cm³/mol. The molecule has 0 aliphatic heterocycles. The van der Waals surface area contributed by atoms with E-state index in [-0.39, 0.29) is 6.04 Å². The molecule has 0 bridgehead atoms. The van der Waals surface area contributed by atoms with E-state index in [0.717, 1.165) is 18.9 Å². The highest BCUT2D eigenvalue weighted by atomic mass is 15.3. The van der Waals surface area contributed by atoms with Crippen molar-refractivity contribution in [3.8, 4) is 0 Å². The molecule has 1 aromatic heterocycles.